The summed E-state index contributed by atoms with van der Waals surface area (Å²) < 4.78 is 0. The lowest BCUT2D eigenvalue weighted by Gasteiger charge is -1.91. The van der Waals surface area contributed by atoms with Crippen molar-refractivity contribution in [2.75, 3.05) is 5.73 Å². The van der Waals surface area contributed by atoms with Gasteiger partial charge in [-0.2, -0.15) is 5.10 Å². The van der Waals surface area contributed by atoms with E-state index in [0.717, 1.165) is 10.6 Å². The van der Waals surface area contributed by atoms with Gasteiger partial charge in [-0.25, -0.2) is 0 Å². The fraction of sp³-hybridized carbons (Fsp3) is 0.125. The van der Waals surface area contributed by atoms with Crippen LogP contribution < -0.4 is 5.73 Å². The maximum atomic E-state index is 5.69. The van der Waals surface area contributed by atoms with Crippen LogP contribution in [-0.4, -0.2) is 10.2 Å². The molecule has 0 atom stereocenters. The van der Waals surface area contributed by atoms with Gasteiger partial charge in [-0.15, -0.1) is 11.3 Å². The van der Waals surface area contributed by atoms with E-state index in [9.17, 15) is 0 Å². The third kappa shape index (κ3) is 1.10. The number of aromatic amines is 1. The number of H-pyrrole nitrogens is 1. The number of hydrogen-bond donors (Lipinski definition) is 2. The minimum Gasteiger partial charge on any atom is -0.396 e. The molecule has 0 saturated carbocycles. The van der Waals surface area contributed by atoms with Crippen LogP contribution in [0.5, 0.6) is 0 Å². The molecule has 0 aromatic carbocycles. The molecule has 2 aromatic heterocycles. The van der Waals surface area contributed by atoms with Crippen molar-refractivity contribution in [1.29, 1.82) is 0 Å². The van der Waals surface area contributed by atoms with Crippen LogP contribution in [0.3, 0.4) is 0 Å². The molecule has 0 aliphatic carbocycles. The van der Waals surface area contributed by atoms with E-state index in [0.29, 0.717) is 5.69 Å². The number of nitrogens with zero attached hydrogens (tertiary/aromatic N) is 1. The first-order valence-electron chi connectivity index (χ1n) is 3.63. The second-order valence-corrected chi connectivity index (χ2v) is 3.90. The first-order valence-corrected chi connectivity index (χ1v) is 4.44. The smallest absolute Gasteiger partial charge is 0.0979 e. The SMILES string of the molecule is Cc1ccc(-c2[nH]ncc2N)s1. The predicted molar refractivity (Wildman–Crippen MR) is 51.1 cm³/mol. The van der Waals surface area contributed by atoms with Crippen molar-refractivity contribution >= 4 is 17.0 Å². The van der Waals surface area contributed by atoms with E-state index in [1.54, 1.807) is 17.5 Å². The molecule has 0 saturated heterocycles. The maximum Gasteiger partial charge on any atom is 0.0979 e. The number of hydrogen-bond acceptors (Lipinski definition) is 3. The molecule has 0 radical (unpaired) electrons. The lowest BCUT2D eigenvalue weighted by Crippen LogP contribution is -1.83. The third-order valence-corrected chi connectivity index (χ3v) is 2.67. The van der Waals surface area contributed by atoms with E-state index in [-0.39, 0.29) is 0 Å². The fourth-order valence-corrected chi connectivity index (χ4v) is 1.95. The molecule has 0 unspecified atom stereocenters. The standard InChI is InChI=1S/C8H9N3S/c1-5-2-3-7(12-5)8-6(9)4-10-11-8/h2-4H,9H2,1H3,(H,10,11). The number of nitrogen functional groups attached to an aromatic ring is 1. The van der Waals surface area contributed by atoms with Gasteiger partial charge in [-0.3, -0.25) is 5.10 Å². The molecule has 0 bridgehead atoms. The summed E-state index contributed by atoms with van der Waals surface area (Å²) in [5.41, 5.74) is 7.32. The summed E-state index contributed by atoms with van der Waals surface area (Å²) in [4.78, 5) is 2.42. The molecule has 62 valence electrons. The molecule has 0 amide bonds. The van der Waals surface area contributed by atoms with E-state index < -0.39 is 0 Å². The van der Waals surface area contributed by atoms with Gasteiger partial charge < -0.3 is 5.73 Å². The Hall–Kier alpha value is -1.29. The number of aromatic nitrogens is 2. The van der Waals surface area contributed by atoms with Gasteiger partial charge in [0.05, 0.1) is 22.5 Å². The van der Waals surface area contributed by atoms with E-state index in [1.807, 2.05) is 6.07 Å². The van der Waals surface area contributed by atoms with Gasteiger partial charge in [0.25, 0.3) is 0 Å². The highest BCUT2D eigenvalue weighted by Gasteiger charge is 2.05. The summed E-state index contributed by atoms with van der Waals surface area (Å²) in [7, 11) is 0. The summed E-state index contributed by atoms with van der Waals surface area (Å²) in [6.45, 7) is 2.07. The van der Waals surface area contributed by atoms with E-state index in [4.69, 9.17) is 5.73 Å². The van der Waals surface area contributed by atoms with Crippen LogP contribution in [0.4, 0.5) is 5.69 Å². The van der Waals surface area contributed by atoms with Crippen molar-refractivity contribution in [3.8, 4) is 10.6 Å². The molecule has 2 aromatic rings. The van der Waals surface area contributed by atoms with Crippen molar-refractivity contribution in [2.45, 2.75) is 6.92 Å². The molecule has 0 aliphatic rings. The topological polar surface area (TPSA) is 54.7 Å². The molecule has 4 heteroatoms. The van der Waals surface area contributed by atoms with Crippen molar-refractivity contribution in [1.82, 2.24) is 10.2 Å². The molecular formula is C8H9N3S. The highest BCUT2D eigenvalue weighted by molar-refractivity contribution is 7.15. The number of aryl methyl sites for hydroxylation is 1. The molecule has 0 fully saturated rings. The van der Waals surface area contributed by atoms with Gasteiger partial charge in [0.15, 0.2) is 0 Å². The Morgan fingerprint density at radius 3 is 2.83 bits per heavy atom. The normalized spacial score (nSPS) is 10.4. The quantitative estimate of drug-likeness (QED) is 0.703. The number of nitrogens with one attached hydrogen (secondary N) is 1. The Kier molecular flexibility index (Phi) is 1.62. The molecule has 3 nitrogen and oxygen atoms in total. The average Bonchev–Trinajstić information content (AvgIpc) is 2.58. The Balaban J connectivity index is 2.50. The van der Waals surface area contributed by atoms with E-state index in [2.05, 4.69) is 23.2 Å². The van der Waals surface area contributed by atoms with Gasteiger partial charge in [-0.05, 0) is 19.1 Å². The van der Waals surface area contributed by atoms with Crippen LogP contribution in [0.25, 0.3) is 10.6 Å². The zero-order valence-electron chi connectivity index (χ0n) is 6.66. The van der Waals surface area contributed by atoms with Gasteiger partial charge >= 0.3 is 0 Å². The van der Waals surface area contributed by atoms with Crippen LogP contribution in [-0.2, 0) is 0 Å². The first-order chi connectivity index (χ1) is 5.77. The fourth-order valence-electron chi connectivity index (χ4n) is 1.06. The second kappa shape index (κ2) is 2.64. The zero-order chi connectivity index (χ0) is 8.55. The number of thiophene rings is 1. The lowest BCUT2D eigenvalue weighted by atomic mass is 10.3. The van der Waals surface area contributed by atoms with Crippen LogP contribution in [0.2, 0.25) is 0 Å². The average molecular weight is 179 g/mol. The highest BCUT2D eigenvalue weighted by Crippen LogP contribution is 2.29. The van der Waals surface area contributed by atoms with Crippen molar-refractivity contribution in [2.24, 2.45) is 0 Å². The second-order valence-electron chi connectivity index (χ2n) is 2.61. The Morgan fingerprint density at radius 2 is 2.33 bits per heavy atom. The summed E-state index contributed by atoms with van der Waals surface area (Å²) in [5.74, 6) is 0. The molecule has 3 N–H and O–H groups in total. The molecule has 2 rings (SSSR count). The monoisotopic (exact) mass is 179 g/mol. The highest BCUT2D eigenvalue weighted by atomic mass is 32.1. The van der Waals surface area contributed by atoms with E-state index in [1.165, 1.54) is 4.88 Å². The van der Waals surface area contributed by atoms with Crippen molar-refractivity contribution in [3.05, 3.63) is 23.2 Å². The van der Waals surface area contributed by atoms with Crippen LogP contribution in [0.15, 0.2) is 18.3 Å². The molecule has 0 spiro atoms. The van der Waals surface area contributed by atoms with Gasteiger partial charge in [0.2, 0.25) is 0 Å². The van der Waals surface area contributed by atoms with Gasteiger partial charge in [-0.1, -0.05) is 0 Å². The largest absolute Gasteiger partial charge is 0.396 e. The predicted octanol–water partition coefficient (Wildman–Crippen LogP) is 2.03. The van der Waals surface area contributed by atoms with Gasteiger partial charge in [0, 0.05) is 4.88 Å². The molecular weight excluding hydrogens is 170 g/mol. The van der Waals surface area contributed by atoms with Crippen LogP contribution in [0, 0.1) is 6.92 Å². The van der Waals surface area contributed by atoms with Crippen molar-refractivity contribution < 1.29 is 0 Å². The molecule has 2 heterocycles. The Bertz CT molecular complexity index is 388. The lowest BCUT2D eigenvalue weighted by molar-refractivity contribution is 1.10. The molecule has 12 heavy (non-hydrogen) atoms. The Labute approximate surface area is 74.2 Å². The van der Waals surface area contributed by atoms with Gasteiger partial charge in [0.1, 0.15) is 0 Å². The number of nitrogens with two attached hydrogens (primary N) is 1. The number of rotatable bonds is 1. The summed E-state index contributed by atoms with van der Waals surface area (Å²) >= 11 is 1.71. The number of anilines is 1. The van der Waals surface area contributed by atoms with Crippen molar-refractivity contribution in [3.63, 3.8) is 0 Å². The minimum absolute atomic E-state index is 0.705. The van der Waals surface area contributed by atoms with E-state index >= 15 is 0 Å². The summed E-state index contributed by atoms with van der Waals surface area (Å²) in [6, 6.07) is 4.12. The maximum absolute atomic E-state index is 5.69. The van der Waals surface area contributed by atoms with Crippen LogP contribution >= 0.6 is 11.3 Å². The summed E-state index contributed by atoms with van der Waals surface area (Å²) in [5, 5.41) is 6.73. The zero-order valence-corrected chi connectivity index (χ0v) is 7.48. The first kappa shape index (κ1) is 7.36. The Morgan fingerprint density at radius 1 is 1.50 bits per heavy atom. The third-order valence-electron chi connectivity index (χ3n) is 1.66. The minimum atomic E-state index is 0.705. The molecule has 0 aliphatic heterocycles. The van der Waals surface area contributed by atoms with Crippen LogP contribution in [0.1, 0.15) is 4.88 Å². The summed E-state index contributed by atoms with van der Waals surface area (Å²) in [6.07, 6.45) is 1.63.